The number of aryl methyl sites for hydroxylation is 1. The van der Waals surface area contributed by atoms with Crippen LogP contribution in [0.5, 0.6) is 0 Å². The first-order valence-corrected chi connectivity index (χ1v) is 7.01. The van der Waals surface area contributed by atoms with E-state index in [1.165, 1.54) is 12.8 Å². The van der Waals surface area contributed by atoms with Crippen LogP contribution < -0.4 is 0 Å². The molecule has 90 valence electrons. The lowest BCUT2D eigenvalue weighted by molar-refractivity contribution is 0.626. The zero-order valence-corrected chi connectivity index (χ0v) is 12.4. The largest absolute Gasteiger partial charge is 0.255 e. The molecule has 17 heavy (non-hydrogen) atoms. The Kier molecular flexibility index (Phi) is 2.82. The SMILES string of the molecule is Cn1nc(Br)c(Cc2cnn(C3CC3)c2Br)n1. The predicted octanol–water partition coefficient (Wildman–Crippen LogP) is 2.46. The number of hydrogen-bond donors (Lipinski definition) is 0. The van der Waals surface area contributed by atoms with Gasteiger partial charge in [0.1, 0.15) is 10.3 Å². The normalized spacial score (nSPS) is 15.5. The summed E-state index contributed by atoms with van der Waals surface area (Å²) in [5.41, 5.74) is 2.08. The Morgan fingerprint density at radius 2 is 2.12 bits per heavy atom. The fourth-order valence-corrected chi connectivity index (χ4v) is 2.86. The third kappa shape index (κ3) is 2.18. The highest BCUT2D eigenvalue weighted by molar-refractivity contribution is 9.10. The molecule has 5 nitrogen and oxygen atoms in total. The van der Waals surface area contributed by atoms with Gasteiger partial charge < -0.3 is 0 Å². The van der Waals surface area contributed by atoms with Crippen molar-refractivity contribution in [1.82, 2.24) is 24.8 Å². The first-order valence-electron chi connectivity index (χ1n) is 5.42. The van der Waals surface area contributed by atoms with E-state index >= 15 is 0 Å². The van der Waals surface area contributed by atoms with Gasteiger partial charge in [0.2, 0.25) is 0 Å². The minimum atomic E-state index is 0.587. The molecule has 0 unspecified atom stereocenters. The van der Waals surface area contributed by atoms with Crippen molar-refractivity contribution >= 4 is 31.9 Å². The summed E-state index contributed by atoms with van der Waals surface area (Å²) in [6.07, 6.45) is 5.11. The van der Waals surface area contributed by atoms with Crippen molar-refractivity contribution in [3.05, 3.63) is 26.7 Å². The molecule has 0 bridgehead atoms. The molecule has 0 N–H and O–H groups in total. The Morgan fingerprint density at radius 3 is 2.71 bits per heavy atom. The van der Waals surface area contributed by atoms with Gasteiger partial charge in [0.05, 0.1) is 12.2 Å². The maximum Gasteiger partial charge on any atom is 0.151 e. The quantitative estimate of drug-likeness (QED) is 0.844. The van der Waals surface area contributed by atoms with E-state index in [0.717, 1.165) is 26.9 Å². The van der Waals surface area contributed by atoms with Gasteiger partial charge in [-0.1, -0.05) is 0 Å². The molecule has 2 aromatic rings. The molecule has 0 spiro atoms. The second-order valence-electron chi connectivity index (χ2n) is 4.24. The minimum Gasteiger partial charge on any atom is -0.255 e. The Balaban J connectivity index is 1.87. The van der Waals surface area contributed by atoms with Crippen molar-refractivity contribution in [2.75, 3.05) is 0 Å². The molecule has 1 fully saturated rings. The number of aromatic nitrogens is 5. The summed E-state index contributed by atoms with van der Waals surface area (Å²) in [7, 11) is 1.82. The maximum absolute atomic E-state index is 4.41. The van der Waals surface area contributed by atoms with Gasteiger partial charge in [0, 0.05) is 19.0 Å². The van der Waals surface area contributed by atoms with E-state index in [-0.39, 0.29) is 0 Å². The molecule has 1 aliphatic rings. The van der Waals surface area contributed by atoms with Crippen LogP contribution in [0.2, 0.25) is 0 Å². The molecular formula is C10H11Br2N5. The Bertz CT molecular complexity index is 555. The first kappa shape index (κ1) is 11.4. The monoisotopic (exact) mass is 359 g/mol. The van der Waals surface area contributed by atoms with Gasteiger partial charge in [-0.15, -0.1) is 5.10 Å². The van der Waals surface area contributed by atoms with E-state index in [1.54, 1.807) is 4.80 Å². The van der Waals surface area contributed by atoms with Crippen LogP contribution in [0.3, 0.4) is 0 Å². The Labute approximate surface area is 115 Å². The summed E-state index contributed by atoms with van der Waals surface area (Å²) in [6, 6.07) is 0.587. The van der Waals surface area contributed by atoms with E-state index < -0.39 is 0 Å². The van der Waals surface area contributed by atoms with Gasteiger partial charge in [-0.3, -0.25) is 4.68 Å². The van der Waals surface area contributed by atoms with E-state index in [4.69, 9.17) is 0 Å². The van der Waals surface area contributed by atoms with E-state index in [1.807, 2.05) is 13.2 Å². The minimum absolute atomic E-state index is 0.587. The van der Waals surface area contributed by atoms with Crippen LogP contribution >= 0.6 is 31.9 Å². The summed E-state index contributed by atoms with van der Waals surface area (Å²) in [5, 5.41) is 12.9. The fraction of sp³-hybridized carbons (Fsp3) is 0.500. The average Bonchev–Trinajstić information content (AvgIpc) is 2.98. The first-order chi connectivity index (χ1) is 8.15. The van der Waals surface area contributed by atoms with E-state index in [2.05, 4.69) is 51.8 Å². The van der Waals surface area contributed by atoms with E-state index in [9.17, 15) is 0 Å². The zero-order chi connectivity index (χ0) is 12.0. The second kappa shape index (κ2) is 4.20. The van der Waals surface area contributed by atoms with Gasteiger partial charge >= 0.3 is 0 Å². The van der Waals surface area contributed by atoms with Gasteiger partial charge in [-0.25, -0.2) is 0 Å². The highest BCUT2D eigenvalue weighted by Crippen LogP contribution is 2.37. The van der Waals surface area contributed by atoms with Crippen LogP contribution in [0.15, 0.2) is 15.4 Å². The van der Waals surface area contributed by atoms with Crippen molar-refractivity contribution in [3.8, 4) is 0 Å². The van der Waals surface area contributed by atoms with Crippen LogP contribution in [0, 0.1) is 0 Å². The topological polar surface area (TPSA) is 48.5 Å². The molecule has 0 aliphatic heterocycles. The van der Waals surface area contributed by atoms with Gasteiger partial charge in [0.25, 0.3) is 0 Å². The van der Waals surface area contributed by atoms with Crippen LogP contribution in [-0.2, 0) is 13.5 Å². The van der Waals surface area contributed by atoms with Crippen LogP contribution in [0.25, 0.3) is 0 Å². The van der Waals surface area contributed by atoms with Crippen molar-refractivity contribution in [2.45, 2.75) is 25.3 Å². The predicted molar refractivity (Wildman–Crippen MR) is 69.7 cm³/mol. The lowest BCUT2D eigenvalue weighted by Gasteiger charge is -2.00. The zero-order valence-electron chi connectivity index (χ0n) is 9.27. The highest BCUT2D eigenvalue weighted by Gasteiger charge is 2.27. The van der Waals surface area contributed by atoms with Crippen molar-refractivity contribution in [3.63, 3.8) is 0 Å². The number of hydrogen-bond acceptors (Lipinski definition) is 3. The van der Waals surface area contributed by atoms with Crippen molar-refractivity contribution in [2.24, 2.45) is 7.05 Å². The summed E-state index contributed by atoms with van der Waals surface area (Å²) in [4.78, 5) is 1.57. The molecule has 0 aromatic carbocycles. The van der Waals surface area contributed by atoms with Gasteiger partial charge in [-0.2, -0.15) is 15.0 Å². The molecule has 0 radical (unpaired) electrons. The van der Waals surface area contributed by atoms with Crippen molar-refractivity contribution < 1.29 is 0 Å². The van der Waals surface area contributed by atoms with E-state index in [0.29, 0.717) is 6.04 Å². The molecule has 7 heteroatoms. The molecule has 1 saturated carbocycles. The summed E-state index contributed by atoms with van der Waals surface area (Å²) >= 11 is 7.02. The number of rotatable bonds is 3. The third-order valence-corrected chi connectivity index (χ3v) is 4.28. The summed E-state index contributed by atoms with van der Waals surface area (Å²) in [6.45, 7) is 0. The summed E-state index contributed by atoms with van der Waals surface area (Å²) < 4.78 is 3.92. The van der Waals surface area contributed by atoms with Crippen LogP contribution in [0.4, 0.5) is 0 Å². The third-order valence-electron chi connectivity index (χ3n) is 2.79. The standard InChI is InChI=1S/C10H11Br2N5/c1-16-14-8(9(11)15-16)4-6-5-13-17(10(6)12)7-2-3-7/h5,7H,2-4H2,1H3. The molecular weight excluding hydrogens is 350 g/mol. The lowest BCUT2D eigenvalue weighted by Crippen LogP contribution is -1.97. The smallest absolute Gasteiger partial charge is 0.151 e. The van der Waals surface area contributed by atoms with Gasteiger partial charge in [0.15, 0.2) is 4.60 Å². The molecule has 1 aliphatic carbocycles. The molecule has 2 heterocycles. The van der Waals surface area contributed by atoms with Crippen LogP contribution in [-0.4, -0.2) is 24.8 Å². The van der Waals surface area contributed by atoms with Gasteiger partial charge in [-0.05, 0) is 44.7 Å². The molecule has 2 aromatic heterocycles. The maximum atomic E-state index is 4.41. The lowest BCUT2D eigenvalue weighted by atomic mass is 10.2. The molecule has 0 atom stereocenters. The number of halogens is 2. The number of nitrogens with zero attached hydrogens (tertiary/aromatic N) is 5. The fourth-order valence-electron chi connectivity index (χ4n) is 1.79. The second-order valence-corrected chi connectivity index (χ2v) is 5.74. The Morgan fingerprint density at radius 1 is 1.35 bits per heavy atom. The average molecular weight is 361 g/mol. The van der Waals surface area contributed by atoms with Crippen LogP contribution in [0.1, 0.15) is 30.1 Å². The molecule has 0 saturated heterocycles. The summed E-state index contributed by atoms with van der Waals surface area (Å²) in [5.74, 6) is 0. The molecule has 0 amide bonds. The molecule has 3 rings (SSSR count). The highest BCUT2D eigenvalue weighted by atomic mass is 79.9. The Hall–Kier alpha value is -0.690. The van der Waals surface area contributed by atoms with Crippen molar-refractivity contribution in [1.29, 1.82) is 0 Å².